The molecule has 12 heavy (non-hydrogen) atoms. The molecular weight excluding hydrogens is 168 g/mol. The average molecular weight is 180 g/mol. The van der Waals surface area contributed by atoms with Gasteiger partial charge in [0.05, 0.1) is 6.10 Å². The van der Waals surface area contributed by atoms with Gasteiger partial charge in [-0.15, -0.1) is 11.8 Å². The molecule has 0 radical (unpaired) electrons. The van der Waals surface area contributed by atoms with Crippen molar-refractivity contribution in [3.63, 3.8) is 0 Å². The zero-order valence-corrected chi connectivity index (χ0v) is 7.90. The van der Waals surface area contributed by atoms with Gasteiger partial charge in [-0.3, -0.25) is 0 Å². The highest BCUT2D eigenvalue weighted by molar-refractivity contribution is 7.99. The van der Waals surface area contributed by atoms with Crippen LogP contribution in [-0.2, 0) is 6.42 Å². The molecule has 1 heterocycles. The second-order valence-corrected chi connectivity index (χ2v) is 4.24. The van der Waals surface area contributed by atoms with Crippen molar-refractivity contribution in [2.75, 3.05) is 5.75 Å². The Kier molecular flexibility index (Phi) is 2.11. The summed E-state index contributed by atoms with van der Waals surface area (Å²) in [5.74, 6) is 1.17. The summed E-state index contributed by atoms with van der Waals surface area (Å²) in [7, 11) is 0. The normalized spacial score (nSPS) is 17.5. The van der Waals surface area contributed by atoms with Crippen molar-refractivity contribution in [2.45, 2.75) is 24.3 Å². The number of thioether (sulfide) groups is 1. The van der Waals surface area contributed by atoms with Gasteiger partial charge in [0.25, 0.3) is 0 Å². The van der Waals surface area contributed by atoms with Crippen LogP contribution in [0.3, 0.4) is 0 Å². The lowest BCUT2D eigenvalue weighted by Gasteiger charge is -2.09. The molecule has 0 saturated heterocycles. The minimum Gasteiger partial charge on any atom is -0.389 e. The molecule has 1 aromatic rings. The van der Waals surface area contributed by atoms with Gasteiger partial charge in [-0.1, -0.05) is 12.1 Å². The molecule has 1 unspecified atom stereocenters. The average Bonchev–Trinajstić information content (AvgIpc) is 2.49. The molecule has 0 aliphatic carbocycles. The number of rotatable bonds is 1. The number of aliphatic hydroxyl groups is 1. The number of fused-ring (bicyclic) bond motifs is 1. The van der Waals surface area contributed by atoms with E-state index in [9.17, 15) is 5.11 Å². The molecule has 0 amide bonds. The highest BCUT2D eigenvalue weighted by Crippen LogP contribution is 2.35. The highest BCUT2D eigenvalue weighted by atomic mass is 32.2. The second-order valence-electron chi connectivity index (χ2n) is 3.10. The Morgan fingerprint density at radius 1 is 1.50 bits per heavy atom. The Morgan fingerprint density at radius 3 is 3.08 bits per heavy atom. The number of hydrogen-bond donors (Lipinski definition) is 1. The fraction of sp³-hybridized carbons (Fsp3) is 0.400. The fourth-order valence-electron chi connectivity index (χ4n) is 1.64. The van der Waals surface area contributed by atoms with Gasteiger partial charge in [0, 0.05) is 10.6 Å². The van der Waals surface area contributed by atoms with Crippen LogP contribution >= 0.6 is 11.8 Å². The third kappa shape index (κ3) is 1.25. The number of hydrogen-bond acceptors (Lipinski definition) is 2. The van der Waals surface area contributed by atoms with E-state index in [1.54, 1.807) is 0 Å². The maximum absolute atomic E-state index is 9.48. The first-order valence-electron chi connectivity index (χ1n) is 4.21. The lowest BCUT2D eigenvalue weighted by Crippen LogP contribution is -1.96. The lowest BCUT2D eigenvalue weighted by molar-refractivity contribution is 0.198. The van der Waals surface area contributed by atoms with Crippen LogP contribution in [0, 0.1) is 0 Å². The Morgan fingerprint density at radius 2 is 2.33 bits per heavy atom. The van der Waals surface area contributed by atoms with E-state index in [4.69, 9.17) is 0 Å². The third-order valence-corrected chi connectivity index (χ3v) is 3.33. The quantitative estimate of drug-likeness (QED) is 0.716. The van der Waals surface area contributed by atoms with Crippen molar-refractivity contribution < 1.29 is 5.11 Å². The summed E-state index contributed by atoms with van der Waals surface area (Å²) in [4.78, 5) is 1.36. The van der Waals surface area contributed by atoms with E-state index in [0.717, 1.165) is 12.0 Å². The Hall–Kier alpha value is -0.470. The van der Waals surface area contributed by atoms with E-state index in [1.165, 1.54) is 16.2 Å². The zero-order valence-electron chi connectivity index (χ0n) is 7.08. The van der Waals surface area contributed by atoms with Crippen molar-refractivity contribution in [3.8, 4) is 0 Å². The maximum Gasteiger partial charge on any atom is 0.0764 e. The molecule has 2 rings (SSSR count). The Balaban J connectivity index is 2.49. The molecule has 0 aromatic heterocycles. The molecule has 0 fully saturated rings. The van der Waals surface area contributed by atoms with Crippen LogP contribution in [0.2, 0.25) is 0 Å². The largest absolute Gasteiger partial charge is 0.389 e. The van der Waals surface area contributed by atoms with Gasteiger partial charge >= 0.3 is 0 Å². The van der Waals surface area contributed by atoms with Crippen LogP contribution < -0.4 is 0 Å². The minimum atomic E-state index is -0.321. The zero-order chi connectivity index (χ0) is 8.55. The molecule has 0 spiro atoms. The molecule has 1 aliphatic heterocycles. The van der Waals surface area contributed by atoms with E-state index in [2.05, 4.69) is 6.07 Å². The van der Waals surface area contributed by atoms with E-state index in [0.29, 0.717) is 0 Å². The predicted octanol–water partition coefficient (Wildman–Crippen LogP) is 2.39. The molecule has 1 aliphatic rings. The molecule has 1 aromatic carbocycles. The standard InChI is InChI=1S/C10H12OS/c1-7(11)8-3-2-4-10-9(8)5-6-12-10/h2-4,7,11H,5-6H2,1H3. The van der Waals surface area contributed by atoms with Gasteiger partial charge < -0.3 is 5.11 Å². The molecule has 2 heteroatoms. The number of aliphatic hydroxyl groups excluding tert-OH is 1. The van der Waals surface area contributed by atoms with Gasteiger partial charge in [0.2, 0.25) is 0 Å². The fourth-order valence-corrected chi connectivity index (χ4v) is 2.73. The third-order valence-electron chi connectivity index (χ3n) is 2.23. The minimum absolute atomic E-state index is 0.321. The molecule has 1 nitrogen and oxygen atoms in total. The van der Waals surface area contributed by atoms with Crippen molar-refractivity contribution in [2.24, 2.45) is 0 Å². The van der Waals surface area contributed by atoms with Gasteiger partial charge in [-0.2, -0.15) is 0 Å². The molecule has 0 saturated carbocycles. The summed E-state index contributed by atoms with van der Waals surface area (Å²) in [6.07, 6.45) is 0.791. The topological polar surface area (TPSA) is 20.2 Å². The first kappa shape index (κ1) is 8.14. The SMILES string of the molecule is CC(O)c1cccc2c1CCS2. The smallest absolute Gasteiger partial charge is 0.0764 e. The van der Waals surface area contributed by atoms with Crippen LogP contribution in [0.1, 0.15) is 24.2 Å². The summed E-state index contributed by atoms with van der Waals surface area (Å²) in [5.41, 5.74) is 2.47. The van der Waals surface area contributed by atoms with Crippen LogP contribution in [0.4, 0.5) is 0 Å². The predicted molar refractivity (Wildman–Crippen MR) is 51.5 cm³/mol. The van der Waals surface area contributed by atoms with E-state index in [-0.39, 0.29) is 6.10 Å². The van der Waals surface area contributed by atoms with Gasteiger partial charge in [-0.25, -0.2) is 0 Å². The van der Waals surface area contributed by atoms with E-state index in [1.807, 2.05) is 30.8 Å². The van der Waals surface area contributed by atoms with Crippen molar-refractivity contribution >= 4 is 11.8 Å². The van der Waals surface area contributed by atoms with Crippen LogP contribution in [0.5, 0.6) is 0 Å². The van der Waals surface area contributed by atoms with Crippen molar-refractivity contribution in [1.82, 2.24) is 0 Å². The molecule has 0 bridgehead atoms. The maximum atomic E-state index is 9.48. The highest BCUT2D eigenvalue weighted by Gasteiger charge is 2.16. The van der Waals surface area contributed by atoms with Gasteiger partial charge in [0.15, 0.2) is 0 Å². The number of benzene rings is 1. The summed E-state index contributed by atoms with van der Waals surface area (Å²) in [6, 6.07) is 6.19. The Bertz CT molecular complexity index is 294. The summed E-state index contributed by atoms with van der Waals surface area (Å²) in [5, 5.41) is 9.48. The molecule has 64 valence electrons. The Labute approximate surface area is 76.8 Å². The second kappa shape index (κ2) is 3.11. The lowest BCUT2D eigenvalue weighted by atomic mass is 10.0. The van der Waals surface area contributed by atoms with Crippen LogP contribution in [0.25, 0.3) is 0 Å². The van der Waals surface area contributed by atoms with E-state index < -0.39 is 0 Å². The first-order chi connectivity index (χ1) is 5.79. The molecule has 1 N–H and O–H groups in total. The van der Waals surface area contributed by atoms with Crippen molar-refractivity contribution in [1.29, 1.82) is 0 Å². The molecule has 1 atom stereocenters. The summed E-state index contributed by atoms with van der Waals surface area (Å²) < 4.78 is 0. The van der Waals surface area contributed by atoms with Crippen molar-refractivity contribution in [3.05, 3.63) is 29.3 Å². The van der Waals surface area contributed by atoms with Gasteiger partial charge in [0.1, 0.15) is 0 Å². The van der Waals surface area contributed by atoms with Gasteiger partial charge in [-0.05, 0) is 30.5 Å². The first-order valence-corrected chi connectivity index (χ1v) is 5.20. The molecular formula is C10H12OS. The summed E-state index contributed by atoms with van der Waals surface area (Å²) in [6.45, 7) is 1.83. The monoisotopic (exact) mass is 180 g/mol. The van der Waals surface area contributed by atoms with Crippen LogP contribution in [-0.4, -0.2) is 10.9 Å². The van der Waals surface area contributed by atoms with Crippen LogP contribution in [0.15, 0.2) is 23.1 Å². The summed E-state index contributed by atoms with van der Waals surface area (Å²) >= 11 is 1.89. The van der Waals surface area contributed by atoms with E-state index >= 15 is 0 Å².